The number of halogens is 1. The Bertz CT molecular complexity index is 1430. The van der Waals surface area contributed by atoms with E-state index < -0.39 is 18.1 Å². The molecule has 2 bridgehead atoms. The topological polar surface area (TPSA) is 96.8 Å². The zero-order valence-corrected chi connectivity index (χ0v) is 18.5. The van der Waals surface area contributed by atoms with Gasteiger partial charge in [-0.15, -0.1) is 0 Å². The van der Waals surface area contributed by atoms with Gasteiger partial charge in [0.2, 0.25) is 0 Å². The minimum absolute atomic E-state index is 0.234. The van der Waals surface area contributed by atoms with Crippen molar-refractivity contribution < 1.29 is 18.8 Å². The van der Waals surface area contributed by atoms with Crippen LogP contribution in [0.15, 0.2) is 60.7 Å². The molecule has 3 atom stereocenters. The lowest BCUT2D eigenvalue weighted by atomic mass is 10.0. The van der Waals surface area contributed by atoms with Crippen LogP contribution in [-0.4, -0.2) is 52.4 Å². The van der Waals surface area contributed by atoms with Crippen molar-refractivity contribution in [2.75, 3.05) is 11.4 Å². The minimum Gasteiger partial charge on any atom is -0.334 e. The van der Waals surface area contributed by atoms with Gasteiger partial charge < -0.3 is 15.1 Å². The summed E-state index contributed by atoms with van der Waals surface area (Å²) in [4.78, 5) is 44.3. The van der Waals surface area contributed by atoms with Crippen molar-refractivity contribution in [2.45, 2.75) is 31.1 Å². The summed E-state index contributed by atoms with van der Waals surface area (Å²) in [6.07, 6.45) is 0.550. The summed E-state index contributed by atoms with van der Waals surface area (Å²) < 4.78 is 13.1. The zero-order valence-electron chi connectivity index (χ0n) is 18.5. The third-order valence-corrected chi connectivity index (χ3v) is 7.14. The lowest BCUT2D eigenvalue weighted by Crippen LogP contribution is -2.56. The number of amides is 5. The number of rotatable bonds is 3. The highest BCUT2D eigenvalue weighted by molar-refractivity contribution is 6.25. The van der Waals surface area contributed by atoms with Gasteiger partial charge in [-0.1, -0.05) is 36.4 Å². The SMILES string of the molecule is N#Cc1ccc(N2C(=O)[C@H]3[C@@H]4C[C@@H](CN4C(=O)NCc4ccc(F)cc4)N3C2=O)c2ccccc12. The standard InChI is InChI=1S/C26H20FN5O3/c27-17-8-5-15(6-9-17)13-29-25(34)30-14-18-11-22(30)23-24(33)32(26(35)31(18)23)21-10-7-16(12-28)19-3-1-2-4-20(19)21/h1-10,18,22-23H,11,13-14H2,(H,29,34)/t18-,22-,23+/m0/s1. The summed E-state index contributed by atoms with van der Waals surface area (Å²) in [5, 5.41) is 13.6. The van der Waals surface area contributed by atoms with Crippen LogP contribution >= 0.6 is 0 Å². The van der Waals surface area contributed by atoms with Crippen LogP contribution < -0.4 is 10.2 Å². The van der Waals surface area contributed by atoms with Gasteiger partial charge in [0, 0.05) is 23.9 Å². The molecule has 35 heavy (non-hydrogen) atoms. The Morgan fingerprint density at radius 3 is 2.54 bits per heavy atom. The molecule has 3 aliphatic heterocycles. The van der Waals surface area contributed by atoms with Gasteiger partial charge >= 0.3 is 12.1 Å². The van der Waals surface area contributed by atoms with Crippen LogP contribution in [0.1, 0.15) is 17.5 Å². The molecular weight excluding hydrogens is 449 g/mol. The summed E-state index contributed by atoms with van der Waals surface area (Å²) in [5.41, 5.74) is 1.67. The van der Waals surface area contributed by atoms with Crippen molar-refractivity contribution in [3.8, 4) is 6.07 Å². The number of fused-ring (bicyclic) bond motifs is 6. The van der Waals surface area contributed by atoms with E-state index >= 15 is 0 Å². The Morgan fingerprint density at radius 2 is 1.80 bits per heavy atom. The number of imide groups is 1. The average molecular weight is 469 g/mol. The van der Waals surface area contributed by atoms with Crippen molar-refractivity contribution >= 4 is 34.4 Å². The van der Waals surface area contributed by atoms with E-state index in [4.69, 9.17) is 0 Å². The van der Waals surface area contributed by atoms with Crippen LogP contribution in [-0.2, 0) is 11.3 Å². The van der Waals surface area contributed by atoms with E-state index in [-0.39, 0.29) is 30.3 Å². The Balaban J connectivity index is 1.25. The number of nitrogens with one attached hydrogen (secondary N) is 1. The summed E-state index contributed by atoms with van der Waals surface area (Å²) in [7, 11) is 0. The largest absolute Gasteiger partial charge is 0.334 e. The van der Waals surface area contributed by atoms with Crippen molar-refractivity contribution in [2.24, 2.45) is 0 Å². The highest BCUT2D eigenvalue weighted by Crippen LogP contribution is 2.43. The molecule has 5 amide bonds. The van der Waals surface area contributed by atoms with Gasteiger partial charge in [-0.05, 0) is 36.2 Å². The van der Waals surface area contributed by atoms with Crippen molar-refractivity contribution in [1.29, 1.82) is 5.26 Å². The summed E-state index contributed by atoms with van der Waals surface area (Å²) >= 11 is 0. The molecule has 9 heteroatoms. The van der Waals surface area contributed by atoms with Crippen molar-refractivity contribution in [3.63, 3.8) is 0 Å². The van der Waals surface area contributed by atoms with Crippen molar-refractivity contribution in [1.82, 2.24) is 15.1 Å². The molecule has 0 aliphatic carbocycles. The molecule has 3 aromatic rings. The number of hydrogen-bond acceptors (Lipinski definition) is 4. The number of anilines is 1. The average Bonchev–Trinajstić information content (AvgIpc) is 3.54. The number of nitrogens with zero attached hydrogens (tertiary/aromatic N) is 4. The summed E-state index contributed by atoms with van der Waals surface area (Å²) in [5.74, 6) is -0.713. The van der Waals surface area contributed by atoms with Crippen molar-refractivity contribution in [3.05, 3.63) is 77.6 Å². The number of hydrogen-bond donors (Lipinski definition) is 1. The molecule has 3 aliphatic rings. The van der Waals surface area contributed by atoms with E-state index in [9.17, 15) is 24.0 Å². The third-order valence-electron chi connectivity index (χ3n) is 7.14. The Hall–Kier alpha value is -4.45. The van der Waals surface area contributed by atoms with E-state index in [0.29, 0.717) is 35.0 Å². The van der Waals surface area contributed by atoms with Crippen LogP contribution in [0.25, 0.3) is 10.8 Å². The molecular formula is C26H20FN5O3. The lowest BCUT2D eigenvalue weighted by Gasteiger charge is -2.34. The van der Waals surface area contributed by atoms with Crippen LogP contribution in [0.2, 0.25) is 0 Å². The number of benzene rings is 3. The zero-order chi connectivity index (χ0) is 24.3. The monoisotopic (exact) mass is 469 g/mol. The number of piperazine rings is 1. The second-order valence-corrected chi connectivity index (χ2v) is 8.99. The van der Waals surface area contributed by atoms with Gasteiger partial charge in [-0.2, -0.15) is 5.26 Å². The van der Waals surface area contributed by atoms with Gasteiger partial charge in [0.1, 0.15) is 11.9 Å². The highest BCUT2D eigenvalue weighted by Gasteiger charge is 2.63. The number of nitriles is 1. The number of carbonyl (C=O) groups excluding carboxylic acids is 3. The molecule has 3 saturated heterocycles. The first kappa shape index (κ1) is 21.1. The molecule has 0 radical (unpaired) electrons. The minimum atomic E-state index is -0.743. The van der Waals surface area contributed by atoms with E-state index in [2.05, 4.69) is 11.4 Å². The summed E-state index contributed by atoms with van der Waals surface area (Å²) in [6.45, 7) is 0.578. The van der Waals surface area contributed by atoms with E-state index in [1.807, 2.05) is 6.07 Å². The Morgan fingerprint density at radius 1 is 1.06 bits per heavy atom. The number of carbonyl (C=O) groups is 3. The molecule has 0 aromatic heterocycles. The first-order chi connectivity index (χ1) is 17.0. The van der Waals surface area contributed by atoms with Crippen LogP contribution in [0.5, 0.6) is 0 Å². The fourth-order valence-corrected chi connectivity index (χ4v) is 5.57. The smallest absolute Gasteiger partial charge is 0.332 e. The van der Waals surface area contributed by atoms with Crippen LogP contribution in [0.3, 0.4) is 0 Å². The fourth-order valence-electron chi connectivity index (χ4n) is 5.57. The first-order valence-electron chi connectivity index (χ1n) is 11.3. The van der Waals surface area contributed by atoms with Gasteiger partial charge in [0.05, 0.1) is 29.4 Å². The first-order valence-corrected chi connectivity index (χ1v) is 11.3. The predicted molar refractivity (Wildman–Crippen MR) is 125 cm³/mol. The molecule has 3 fully saturated rings. The molecule has 8 nitrogen and oxygen atoms in total. The molecule has 6 rings (SSSR count). The van der Waals surface area contributed by atoms with E-state index in [1.54, 1.807) is 52.3 Å². The maximum Gasteiger partial charge on any atom is 0.332 e. The van der Waals surface area contributed by atoms with E-state index in [1.165, 1.54) is 17.0 Å². The molecule has 0 spiro atoms. The number of likely N-dealkylation sites (tertiary alicyclic amines) is 1. The second kappa shape index (κ2) is 7.81. The molecule has 0 saturated carbocycles. The maximum absolute atomic E-state index is 13.6. The fraction of sp³-hybridized carbons (Fsp3) is 0.231. The lowest BCUT2D eigenvalue weighted by molar-refractivity contribution is -0.120. The third kappa shape index (κ3) is 3.14. The van der Waals surface area contributed by atoms with Crippen LogP contribution in [0, 0.1) is 17.1 Å². The normalized spacial score (nSPS) is 22.6. The molecule has 3 heterocycles. The quantitative estimate of drug-likeness (QED) is 0.595. The van der Waals surface area contributed by atoms with Gasteiger partial charge in [-0.3, -0.25) is 4.79 Å². The molecule has 0 unspecified atom stereocenters. The molecule has 1 N–H and O–H groups in total. The Labute approximate surface area is 200 Å². The van der Waals surface area contributed by atoms with E-state index in [0.717, 1.165) is 5.56 Å². The molecule has 3 aromatic carbocycles. The maximum atomic E-state index is 13.6. The second-order valence-electron chi connectivity index (χ2n) is 8.99. The van der Waals surface area contributed by atoms with Crippen LogP contribution in [0.4, 0.5) is 19.7 Å². The number of urea groups is 2. The molecule has 174 valence electrons. The van der Waals surface area contributed by atoms with Gasteiger partial charge in [-0.25, -0.2) is 18.9 Å². The highest BCUT2D eigenvalue weighted by atomic mass is 19.1. The predicted octanol–water partition coefficient (Wildman–Crippen LogP) is 3.35. The van der Waals surface area contributed by atoms with Gasteiger partial charge in [0.25, 0.3) is 5.91 Å². The van der Waals surface area contributed by atoms with Gasteiger partial charge in [0.15, 0.2) is 0 Å². The Kier molecular flexibility index (Phi) is 4.71. The summed E-state index contributed by atoms with van der Waals surface area (Å²) in [6, 6.07) is 16.4.